The molecule has 1 saturated carbocycles. The minimum absolute atomic E-state index is 0.133. The molecule has 1 aliphatic rings. The lowest BCUT2D eigenvalue weighted by molar-refractivity contribution is -0.141. The van der Waals surface area contributed by atoms with E-state index in [1.165, 1.54) is 18.6 Å². The molecule has 0 aromatic carbocycles. The average molecular weight is 453 g/mol. The maximum Gasteiger partial charge on any atom is 0.435 e. The second kappa shape index (κ2) is 9.46. The number of alkyl halides is 3. The van der Waals surface area contributed by atoms with Gasteiger partial charge in [0.2, 0.25) is 5.13 Å². The molecular weight excluding hydrogens is 429 g/mol. The molecule has 166 valence electrons. The highest BCUT2D eigenvalue weighted by Gasteiger charge is 2.41. The number of carbonyl (C=O) groups excluding carboxylic acids is 1. The molecule has 0 atom stereocenters. The maximum absolute atomic E-state index is 13.5. The van der Waals surface area contributed by atoms with Gasteiger partial charge in [0.15, 0.2) is 5.69 Å². The predicted molar refractivity (Wildman–Crippen MR) is 111 cm³/mol. The number of amides is 1. The van der Waals surface area contributed by atoms with Gasteiger partial charge in [-0.05, 0) is 24.6 Å². The van der Waals surface area contributed by atoms with Crippen LogP contribution in [0.1, 0.15) is 47.5 Å². The van der Waals surface area contributed by atoms with Gasteiger partial charge in [0, 0.05) is 12.0 Å². The zero-order valence-electron chi connectivity index (χ0n) is 16.7. The Hall–Kier alpha value is -2.95. The SMILES string of the molecule is C=C/C=C\C(=C/N)C1(CNC(=O)c2sc(-n3nccn3)nc2C(F)(F)F)CCCCC1. The summed E-state index contributed by atoms with van der Waals surface area (Å²) in [5.41, 5.74) is 4.98. The summed E-state index contributed by atoms with van der Waals surface area (Å²) in [5.74, 6) is -0.836. The number of halogens is 3. The molecule has 2 aromatic rings. The standard InChI is InChI=1S/C20H23F3N6OS/c1-2-3-7-14(12-24)19(8-5-4-6-9-19)13-25-17(30)15-16(20(21,22)23)28-18(31-15)29-26-10-11-27-29/h2-3,7,10-12H,1,4-6,8-9,13,24H2,(H,25,30)/b7-3-,14-12+. The average Bonchev–Trinajstić information content (AvgIpc) is 3.43. The third-order valence-corrected chi connectivity index (χ3v) is 6.30. The number of aromatic nitrogens is 4. The van der Waals surface area contributed by atoms with E-state index in [0.29, 0.717) is 11.3 Å². The van der Waals surface area contributed by atoms with Gasteiger partial charge < -0.3 is 11.1 Å². The summed E-state index contributed by atoms with van der Waals surface area (Å²) in [7, 11) is 0. The largest absolute Gasteiger partial charge is 0.435 e. The summed E-state index contributed by atoms with van der Waals surface area (Å²) in [6.07, 6.45) is 9.05. The highest BCUT2D eigenvalue weighted by molar-refractivity contribution is 7.16. The van der Waals surface area contributed by atoms with Crippen molar-refractivity contribution in [2.24, 2.45) is 11.1 Å². The molecule has 0 saturated heterocycles. The Balaban J connectivity index is 1.87. The van der Waals surface area contributed by atoms with Crippen LogP contribution >= 0.6 is 11.3 Å². The molecule has 2 aromatic heterocycles. The van der Waals surface area contributed by atoms with E-state index in [0.717, 1.165) is 42.5 Å². The molecule has 0 aliphatic heterocycles. The van der Waals surface area contributed by atoms with Crippen molar-refractivity contribution in [3.8, 4) is 5.13 Å². The van der Waals surface area contributed by atoms with E-state index in [4.69, 9.17) is 5.73 Å². The Morgan fingerprint density at radius 1 is 1.29 bits per heavy atom. The first-order chi connectivity index (χ1) is 14.8. The molecule has 0 spiro atoms. The van der Waals surface area contributed by atoms with Crippen molar-refractivity contribution in [3.05, 3.63) is 59.5 Å². The first kappa shape index (κ1) is 22.7. The molecule has 0 bridgehead atoms. The van der Waals surface area contributed by atoms with E-state index < -0.39 is 28.1 Å². The van der Waals surface area contributed by atoms with Crippen molar-refractivity contribution in [1.82, 2.24) is 25.3 Å². The number of rotatable bonds is 7. The van der Waals surface area contributed by atoms with Gasteiger partial charge in [0.25, 0.3) is 5.91 Å². The maximum atomic E-state index is 13.5. The molecule has 7 nitrogen and oxygen atoms in total. The second-order valence-corrected chi connectivity index (χ2v) is 8.21. The van der Waals surface area contributed by atoms with Crippen molar-refractivity contribution in [2.45, 2.75) is 38.3 Å². The van der Waals surface area contributed by atoms with Crippen LogP contribution in [0.2, 0.25) is 0 Å². The third kappa shape index (κ3) is 5.04. The zero-order valence-corrected chi connectivity index (χ0v) is 17.5. The molecule has 31 heavy (non-hydrogen) atoms. The van der Waals surface area contributed by atoms with E-state index in [-0.39, 0.29) is 11.7 Å². The van der Waals surface area contributed by atoms with E-state index in [9.17, 15) is 18.0 Å². The Morgan fingerprint density at radius 3 is 2.55 bits per heavy atom. The lowest BCUT2D eigenvalue weighted by Crippen LogP contribution is -2.40. The quantitative estimate of drug-likeness (QED) is 0.619. The van der Waals surface area contributed by atoms with E-state index in [1.807, 2.05) is 6.08 Å². The molecule has 0 unspecified atom stereocenters. The highest BCUT2D eigenvalue weighted by atomic mass is 32.1. The molecule has 3 N–H and O–H groups in total. The number of nitrogens with one attached hydrogen (secondary N) is 1. The Labute approximate surface area is 181 Å². The number of nitrogens with two attached hydrogens (primary N) is 1. The normalized spacial score (nSPS) is 17.1. The number of thiazole rings is 1. The third-order valence-electron chi connectivity index (χ3n) is 5.28. The second-order valence-electron chi connectivity index (χ2n) is 7.23. The van der Waals surface area contributed by atoms with Crippen LogP contribution in [0, 0.1) is 5.41 Å². The number of hydrogen-bond acceptors (Lipinski definition) is 6. The molecular formula is C20H23F3N6OS. The van der Waals surface area contributed by atoms with Gasteiger partial charge >= 0.3 is 6.18 Å². The van der Waals surface area contributed by atoms with Crippen molar-refractivity contribution >= 4 is 17.2 Å². The van der Waals surface area contributed by atoms with Crippen LogP contribution < -0.4 is 11.1 Å². The van der Waals surface area contributed by atoms with Crippen LogP contribution in [0.5, 0.6) is 0 Å². The Morgan fingerprint density at radius 2 is 1.97 bits per heavy atom. The highest BCUT2D eigenvalue weighted by Crippen LogP contribution is 2.43. The number of carbonyl (C=O) groups is 1. The lowest BCUT2D eigenvalue weighted by atomic mass is 9.69. The van der Waals surface area contributed by atoms with Crippen LogP contribution in [0.25, 0.3) is 5.13 Å². The first-order valence-electron chi connectivity index (χ1n) is 9.75. The monoisotopic (exact) mass is 452 g/mol. The predicted octanol–water partition coefficient (Wildman–Crippen LogP) is 4.01. The van der Waals surface area contributed by atoms with Crippen LogP contribution in [-0.4, -0.2) is 32.4 Å². The Kier molecular flexibility index (Phi) is 6.94. The van der Waals surface area contributed by atoms with Crippen molar-refractivity contribution < 1.29 is 18.0 Å². The zero-order chi connectivity index (χ0) is 22.5. The van der Waals surface area contributed by atoms with E-state index in [1.54, 1.807) is 12.2 Å². The fraction of sp³-hybridized carbons (Fsp3) is 0.400. The Bertz CT molecular complexity index is 972. The topological polar surface area (TPSA) is 98.7 Å². The molecule has 2 heterocycles. The van der Waals surface area contributed by atoms with E-state index >= 15 is 0 Å². The van der Waals surface area contributed by atoms with Gasteiger partial charge in [-0.3, -0.25) is 4.79 Å². The molecule has 1 aliphatic carbocycles. The van der Waals surface area contributed by atoms with Crippen LogP contribution in [-0.2, 0) is 6.18 Å². The number of nitrogens with zero attached hydrogens (tertiary/aromatic N) is 4. The number of allylic oxidation sites excluding steroid dienone is 3. The van der Waals surface area contributed by atoms with E-state index in [2.05, 4.69) is 27.1 Å². The molecule has 1 fully saturated rings. The van der Waals surface area contributed by atoms with Gasteiger partial charge in [-0.1, -0.05) is 55.4 Å². The van der Waals surface area contributed by atoms with Gasteiger partial charge in [0.1, 0.15) is 4.88 Å². The van der Waals surface area contributed by atoms with Gasteiger partial charge in [-0.15, -0.1) is 4.80 Å². The minimum atomic E-state index is -4.79. The summed E-state index contributed by atoms with van der Waals surface area (Å²) >= 11 is 0.594. The molecule has 0 radical (unpaired) electrons. The van der Waals surface area contributed by atoms with Crippen molar-refractivity contribution in [2.75, 3.05) is 6.54 Å². The summed E-state index contributed by atoms with van der Waals surface area (Å²) in [4.78, 5) is 16.8. The van der Waals surface area contributed by atoms with Gasteiger partial charge in [0.05, 0.1) is 12.4 Å². The van der Waals surface area contributed by atoms with Crippen molar-refractivity contribution in [1.29, 1.82) is 0 Å². The lowest BCUT2D eigenvalue weighted by Gasteiger charge is -2.38. The summed E-state index contributed by atoms with van der Waals surface area (Å²) < 4.78 is 40.6. The fourth-order valence-corrected chi connectivity index (χ4v) is 4.68. The van der Waals surface area contributed by atoms with Crippen LogP contribution in [0.4, 0.5) is 13.2 Å². The number of hydrogen-bond donors (Lipinski definition) is 2. The molecule has 3 rings (SSSR count). The smallest absolute Gasteiger partial charge is 0.404 e. The first-order valence-corrected chi connectivity index (χ1v) is 10.6. The van der Waals surface area contributed by atoms with Gasteiger partial charge in [-0.25, -0.2) is 4.98 Å². The summed E-state index contributed by atoms with van der Waals surface area (Å²) in [5, 5.41) is 10.2. The molecule has 11 heteroatoms. The molecule has 1 amide bonds. The fourth-order valence-electron chi connectivity index (χ4n) is 3.76. The van der Waals surface area contributed by atoms with Crippen LogP contribution in [0.15, 0.2) is 49.0 Å². The minimum Gasteiger partial charge on any atom is -0.404 e. The summed E-state index contributed by atoms with van der Waals surface area (Å²) in [6.45, 7) is 3.82. The summed E-state index contributed by atoms with van der Waals surface area (Å²) in [6, 6.07) is 0. The van der Waals surface area contributed by atoms with Crippen molar-refractivity contribution in [3.63, 3.8) is 0 Å². The van der Waals surface area contributed by atoms with Gasteiger partial charge in [-0.2, -0.15) is 23.4 Å². The van der Waals surface area contributed by atoms with Crippen LogP contribution in [0.3, 0.4) is 0 Å².